The van der Waals surface area contributed by atoms with E-state index in [-0.39, 0.29) is 17.9 Å². The number of nitrogens with zero attached hydrogens (tertiary/aromatic N) is 1. The van der Waals surface area contributed by atoms with Crippen molar-refractivity contribution in [1.29, 1.82) is 0 Å². The van der Waals surface area contributed by atoms with Crippen molar-refractivity contribution in [2.24, 2.45) is 0 Å². The van der Waals surface area contributed by atoms with Gasteiger partial charge >= 0.3 is 0 Å². The van der Waals surface area contributed by atoms with Gasteiger partial charge in [0.05, 0.1) is 0 Å². The van der Waals surface area contributed by atoms with Crippen molar-refractivity contribution in [1.82, 2.24) is 10.2 Å². The minimum Gasteiger partial charge on any atom is -0.349 e. The largest absolute Gasteiger partial charge is 0.349 e. The minimum atomic E-state index is -0.0469. The molecule has 0 atom stereocenters. The molecule has 128 valence electrons. The maximum absolute atomic E-state index is 12.3. The first-order chi connectivity index (χ1) is 12.2. The normalized spacial score (nSPS) is 15.3. The lowest BCUT2D eigenvalue weighted by atomic mass is 10.0. The standard InChI is InChI=1S/C21H22N2O2/c24-20(12-11-17-7-3-1-4-8-17)23-15-13-19(14-16-23)22-21(25)18-9-5-2-6-10-18/h1-12,19H,13-16H2,(H,22,25). The molecule has 4 heteroatoms. The third-order valence-electron chi connectivity index (χ3n) is 4.40. The van der Waals surface area contributed by atoms with Crippen LogP contribution in [0.25, 0.3) is 6.08 Å². The molecule has 1 aliphatic heterocycles. The number of nitrogens with one attached hydrogen (secondary N) is 1. The molecule has 0 unspecified atom stereocenters. The molecule has 0 bridgehead atoms. The molecule has 1 N–H and O–H groups in total. The second-order valence-electron chi connectivity index (χ2n) is 6.18. The number of carbonyl (C=O) groups is 2. The zero-order chi connectivity index (χ0) is 17.5. The maximum atomic E-state index is 12.3. The summed E-state index contributed by atoms with van der Waals surface area (Å²) in [5.74, 6) is -0.0222. The van der Waals surface area contributed by atoms with E-state index in [0.717, 1.165) is 18.4 Å². The molecule has 0 spiro atoms. The molecule has 3 rings (SSSR count). The Bertz CT molecular complexity index is 733. The van der Waals surface area contributed by atoms with Crippen LogP contribution in [0, 0.1) is 0 Å². The molecule has 2 aromatic carbocycles. The molecule has 1 saturated heterocycles. The molecule has 1 fully saturated rings. The van der Waals surface area contributed by atoms with Gasteiger partial charge in [0.1, 0.15) is 0 Å². The quantitative estimate of drug-likeness (QED) is 0.874. The van der Waals surface area contributed by atoms with Crippen molar-refractivity contribution in [2.75, 3.05) is 13.1 Å². The van der Waals surface area contributed by atoms with Gasteiger partial charge in [-0.15, -0.1) is 0 Å². The van der Waals surface area contributed by atoms with Gasteiger partial charge in [-0.3, -0.25) is 9.59 Å². The Hall–Kier alpha value is -2.88. The van der Waals surface area contributed by atoms with Crippen molar-refractivity contribution in [2.45, 2.75) is 18.9 Å². The van der Waals surface area contributed by atoms with Gasteiger partial charge in [0, 0.05) is 30.8 Å². The summed E-state index contributed by atoms with van der Waals surface area (Å²) in [5.41, 5.74) is 1.69. The highest BCUT2D eigenvalue weighted by atomic mass is 16.2. The molecule has 1 aliphatic rings. The van der Waals surface area contributed by atoms with Gasteiger partial charge in [0.15, 0.2) is 0 Å². The second kappa shape index (κ2) is 8.29. The van der Waals surface area contributed by atoms with Gasteiger partial charge in [-0.05, 0) is 36.6 Å². The Morgan fingerprint density at radius 3 is 2.16 bits per heavy atom. The number of likely N-dealkylation sites (tertiary alicyclic amines) is 1. The number of piperidine rings is 1. The number of carbonyl (C=O) groups excluding carboxylic acids is 2. The second-order valence-corrected chi connectivity index (χ2v) is 6.18. The third-order valence-corrected chi connectivity index (χ3v) is 4.40. The van der Waals surface area contributed by atoms with E-state index >= 15 is 0 Å². The number of benzene rings is 2. The van der Waals surface area contributed by atoms with Crippen molar-refractivity contribution in [3.63, 3.8) is 0 Å². The van der Waals surface area contributed by atoms with E-state index in [1.807, 2.05) is 71.6 Å². The van der Waals surface area contributed by atoms with E-state index in [1.165, 1.54) is 0 Å². The predicted molar refractivity (Wildman–Crippen MR) is 99.0 cm³/mol. The summed E-state index contributed by atoms with van der Waals surface area (Å²) in [6.45, 7) is 1.33. The summed E-state index contributed by atoms with van der Waals surface area (Å²) < 4.78 is 0. The highest BCUT2D eigenvalue weighted by Crippen LogP contribution is 2.12. The Morgan fingerprint density at radius 1 is 0.920 bits per heavy atom. The molecule has 1 heterocycles. The fraction of sp³-hybridized carbons (Fsp3) is 0.238. The number of hydrogen-bond acceptors (Lipinski definition) is 2. The monoisotopic (exact) mass is 334 g/mol. The van der Waals surface area contributed by atoms with Gasteiger partial charge in [0.25, 0.3) is 5.91 Å². The molecule has 4 nitrogen and oxygen atoms in total. The third kappa shape index (κ3) is 4.80. The molecular formula is C21H22N2O2. The lowest BCUT2D eigenvalue weighted by Gasteiger charge is -2.31. The van der Waals surface area contributed by atoms with Crippen LogP contribution in [0.4, 0.5) is 0 Å². The van der Waals surface area contributed by atoms with Gasteiger partial charge in [-0.2, -0.15) is 0 Å². The Balaban J connectivity index is 1.47. The molecule has 25 heavy (non-hydrogen) atoms. The Kier molecular flexibility index (Phi) is 5.62. The SMILES string of the molecule is O=C(NC1CCN(C(=O)C=Cc2ccccc2)CC1)c1ccccc1. The molecule has 2 amide bonds. The zero-order valence-corrected chi connectivity index (χ0v) is 14.1. The average molecular weight is 334 g/mol. The molecule has 0 aromatic heterocycles. The van der Waals surface area contributed by atoms with Crippen LogP contribution in [-0.4, -0.2) is 35.8 Å². The average Bonchev–Trinajstić information content (AvgIpc) is 2.68. The van der Waals surface area contributed by atoms with Gasteiger partial charge < -0.3 is 10.2 Å². The number of rotatable bonds is 4. The number of hydrogen-bond donors (Lipinski definition) is 1. The van der Waals surface area contributed by atoms with E-state index in [0.29, 0.717) is 18.7 Å². The fourth-order valence-corrected chi connectivity index (χ4v) is 2.94. The summed E-state index contributed by atoms with van der Waals surface area (Å²) in [7, 11) is 0. The van der Waals surface area contributed by atoms with Crippen LogP contribution in [0.1, 0.15) is 28.8 Å². The highest BCUT2D eigenvalue weighted by Gasteiger charge is 2.22. The predicted octanol–water partition coefficient (Wildman–Crippen LogP) is 3.12. The maximum Gasteiger partial charge on any atom is 0.251 e. The van der Waals surface area contributed by atoms with E-state index in [9.17, 15) is 9.59 Å². The molecule has 0 aliphatic carbocycles. The summed E-state index contributed by atoms with van der Waals surface area (Å²) in [6.07, 6.45) is 5.02. The van der Waals surface area contributed by atoms with Gasteiger partial charge in [0.2, 0.25) is 5.91 Å². The minimum absolute atomic E-state index is 0.0247. The first-order valence-corrected chi connectivity index (χ1v) is 8.60. The van der Waals surface area contributed by atoms with E-state index in [2.05, 4.69) is 5.32 Å². The zero-order valence-electron chi connectivity index (χ0n) is 14.1. The van der Waals surface area contributed by atoms with E-state index < -0.39 is 0 Å². The van der Waals surface area contributed by atoms with Crippen molar-refractivity contribution in [3.8, 4) is 0 Å². The lowest BCUT2D eigenvalue weighted by Crippen LogP contribution is -2.46. The first-order valence-electron chi connectivity index (χ1n) is 8.60. The van der Waals surface area contributed by atoms with Crippen molar-refractivity contribution >= 4 is 17.9 Å². The summed E-state index contributed by atoms with van der Waals surface area (Å²) >= 11 is 0. The Morgan fingerprint density at radius 2 is 1.52 bits per heavy atom. The summed E-state index contributed by atoms with van der Waals surface area (Å²) in [6, 6.07) is 19.1. The molecule has 0 saturated carbocycles. The van der Waals surface area contributed by atoms with Gasteiger partial charge in [-0.1, -0.05) is 48.5 Å². The summed E-state index contributed by atoms with van der Waals surface area (Å²) in [5, 5.41) is 3.06. The molecule has 2 aromatic rings. The smallest absolute Gasteiger partial charge is 0.251 e. The first kappa shape index (κ1) is 17.0. The molecular weight excluding hydrogens is 312 g/mol. The van der Waals surface area contributed by atoms with Crippen LogP contribution in [-0.2, 0) is 4.79 Å². The van der Waals surface area contributed by atoms with Crippen LogP contribution in [0.5, 0.6) is 0 Å². The van der Waals surface area contributed by atoms with Crippen LogP contribution in [0.15, 0.2) is 66.7 Å². The number of amides is 2. The van der Waals surface area contributed by atoms with E-state index in [1.54, 1.807) is 6.08 Å². The van der Waals surface area contributed by atoms with Crippen LogP contribution in [0.3, 0.4) is 0 Å². The highest BCUT2D eigenvalue weighted by molar-refractivity contribution is 5.94. The summed E-state index contributed by atoms with van der Waals surface area (Å²) in [4.78, 5) is 26.3. The van der Waals surface area contributed by atoms with Crippen LogP contribution < -0.4 is 5.32 Å². The van der Waals surface area contributed by atoms with E-state index in [4.69, 9.17) is 0 Å². The fourth-order valence-electron chi connectivity index (χ4n) is 2.94. The van der Waals surface area contributed by atoms with Crippen LogP contribution in [0.2, 0.25) is 0 Å². The molecule has 0 radical (unpaired) electrons. The lowest BCUT2D eigenvalue weighted by molar-refractivity contribution is -0.126. The van der Waals surface area contributed by atoms with Gasteiger partial charge in [-0.25, -0.2) is 0 Å². The van der Waals surface area contributed by atoms with Crippen molar-refractivity contribution < 1.29 is 9.59 Å². The van der Waals surface area contributed by atoms with Crippen molar-refractivity contribution in [3.05, 3.63) is 77.9 Å². The Labute approximate surface area is 148 Å². The van der Waals surface area contributed by atoms with Crippen LogP contribution >= 0.6 is 0 Å². The topological polar surface area (TPSA) is 49.4 Å².